The third-order valence-corrected chi connectivity index (χ3v) is 1.92. The van der Waals surface area contributed by atoms with E-state index in [9.17, 15) is 0 Å². The largest absolute Gasteiger partial charge is 0.356 e. The highest BCUT2D eigenvalue weighted by Crippen LogP contribution is 1.94. The lowest BCUT2D eigenvalue weighted by molar-refractivity contribution is 0.471. The third kappa shape index (κ3) is 6.62. The van der Waals surface area contributed by atoms with Crippen LogP contribution in [0.1, 0.15) is 19.8 Å². The molecule has 0 bridgehead atoms. The van der Waals surface area contributed by atoms with Crippen LogP contribution in [0.2, 0.25) is 0 Å². The van der Waals surface area contributed by atoms with Gasteiger partial charge in [-0.05, 0) is 19.8 Å². The number of unbranched alkanes of at least 4 members (excludes halogenated alkanes) is 1. The maximum Gasteiger partial charge on any atom is 0.194 e. The number of hydrogen-bond acceptors (Lipinski definition) is 1. The van der Waals surface area contributed by atoms with Gasteiger partial charge in [-0.25, -0.2) is 4.99 Å². The van der Waals surface area contributed by atoms with Crippen LogP contribution in [0.3, 0.4) is 0 Å². The van der Waals surface area contributed by atoms with Crippen molar-refractivity contribution in [3.63, 3.8) is 0 Å². The van der Waals surface area contributed by atoms with Crippen molar-refractivity contribution in [1.82, 2.24) is 10.2 Å². The molecule has 0 aliphatic rings. The van der Waals surface area contributed by atoms with Crippen molar-refractivity contribution in [3.8, 4) is 12.3 Å². The second-order valence-corrected chi connectivity index (χ2v) is 3.23. The van der Waals surface area contributed by atoms with E-state index in [4.69, 9.17) is 6.42 Å². The first-order chi connectivity index (χ1) is 7.26. The lowest BCUT2D eigenvalue weighted by Gasteiger charge is -2.21. The van der Waals surface area contributed by atoms with Crippen molar-refractivity contribution < 1.29 is 0 Å². The number of guanidine groups is 1. The van der Waals surface area contributed by atoms with Crippen molar-refractivity contribution in [2.24, 2.45) is 4.99 Å². The van der Waals surface area contributed by atoms with Crippen molar-refractivity contribution in [1.29, 1.82) is 0 Å². The molecule has 0 heterocycles. The molecular weight excluding hydrogens is 186 g/mol. The second-order valence-electron chi connectivity index (χ2n) is 3.23. The minimum atomic E-state index is 0.425. The molecule has 0 spiro atoms. The van der Waals surface area contributed by atoms with E-state index in [0.717, 1.165) is 31.9 Å². The highest BCUT2D eigenvalue weighted by atomic mass is 15.3. The van der Waals surface area contributed by atoms with Crippen LogP contribution >= 0.6 is 0 Å². The summed E-state index contributed by atoms with van der Waals surface area (Å²) in [7, 11) is 2.01. The number of nitrogens with zero attached hydrogens (tertiary/aromatic N) is 2. The van der Waals surface area contributed by atoms with Crippen LogP contribution in [-0.2, 0) is 0 Å². The molecule has 0 aromatic rings. The first-order valence-corrected chi connectivity index (χ1v) is 5.30. The predicted octanol–water partition coefficient (Wildman–Crippen LogP) is 1.48. The molecule has 0 fully saturated rings. The summed E-state index contributed by atoms with van der Waals surface area (Å²) < 4.78 is 0. The van der Waals surface area contributed by atoms with E-state index in [1.807, 2.05) is 20.0 Å². The van der Waals surface area contributed by atoms with E-state index in [1.54, 1.807) is 0 Å². The molecule has 0 aromatic heterocycles. The summed E-state index contributed by atoms with van der Waals surface area (Å²) in [6.45, 7) is 7.98. The number of aliphatic imine (C=N–C) groups is 1. The van der Waals surface area contributed by atoms with Gasteiger partial charge in [0, 0.05) is 20.1 Å². The van der Waals surface area contributed by atoms with Crippen LogP contribution < -0.4 is 5.32 Å². The van der Waals surface area contributed by atoms with Gasteiger partial charge in [0.05, 0.1) is 0 Å². The Hall–Kier alpha value is -1.43. The molecule has 0 unspecified atom stereocenters. The summed E-state index contributed by atoms with van der Waals surface area (Å²) in [6, 6.07) is 0. The molecule has 84 valence electrons. The molecular formula is C12H21N3. The summed E-state index contributed by atoms with van der Waals surface area (Å²) in [5, 5.41) is 3.20. The van der Waals surface area contributed by atoms with E-state index in [2.05, 4.69) is 27.7 Å². The molecule has 0 atom stereocenters. The molecule has 3 nitrogen and oxygen atoms in total. The van der Waals surface area contributed by atoms with Gasteiger partial charge in [-0.1, -0.05) is 12.0 Å². The zero-order valence-corrected chi connectivity index (χ0v) is 9.79. The number of terminal acetylenes is 1. The van der Waals surface area contributed by atoms with Crippen LogP contribution in [0, 0.1) is 12.3 Å². The average Bonchev–Trinajstić information content (AvgIpc) is 2.24. The van der Waals surface area contributed by atoms with E-state index < -0.39 is 0 Å². The molecule has 0 aromatic carbocycles. The van der Waals surface area contributed by atoms with E-state index in [-0.39, 0.29) is 0 Å². The molecule has 0 aliphatic heterocycles. The summed E-state index contributed by atoms with van der Waals surface area (Å²) in [5.74, 6) is 3.38. The number of allylic oxidation sites excluding steroid dienone is 1. The standard InChI is InChI=1S/C12H21N3/c1-5-8-9-11-15(4)12(13-7-3)14-10-6-2/h2,5H,1,7-11H2,3-4H3,(H,13,14). The minimum Gasteiger partial charge on any atom is -0.356 e. The predicted molar refractivity (Wildman–Crippen MR) is 66.9 cm³/mol. The molecule has 0 aliphatic carbocycles. The number of nitrogens with one attached hydrogen (secondary N) is 1. The van der Waals surface area contributed by atoms with Gasteiger partial charge in [-0.15, -0.1) is 13.0 Å². The Morgan fingerprint density at radius 3 is 2.93 bits per heavy atom. The van der Waals surface area contributed by atoms with Gasteiger partial charge in [0.15, 0.2) is 5.96 Å². The maximum absolute atomic E-state index is 5.18. The highest BCUT2D eigenvalue weighted by Gasteiger charge is 2.03. The molecule has 0 saturated carbocycles. The Bertz CT molecular complexity index is 238. The second kappa shape index (κ2) is 9.14. The zero-order chi connectivity index (χ0) is 11.5. The van der Waals surface area contributed by atoms with Crippen molar-refractivity contribution in [2.75, 3.05) is 26.7 Å². The Kier molecular flexibility index (Phi) is 8.27. The number of rotatable bonds is 6. The highest BCUT2D eigenvalue weighted by molar-refractivity contribution is 5.79. The van der Waals surface area contributed by atoms with Crippen LogP contribution in [0.5, 0.6) is 0 Å². The molecule has 1 N–H and O–H groups in total. The van der Waals surface area contributed by atoms with E-state index in [1.165, 1.54) is 0 Å². The van der Waals surface area contributed by atoms with Gasteiger partial charge in [0.2, 0.25) is 0 Å². The number of hydrogen-bond donors (Lipinski definition) is 1. The average molecular weight is 207 g/mol. The summed E-state index contributed by atoms with van der Waals surface area (Å²) in [5.41, 5.74) is 0. The fraction of sp³-hybridized carbons (Fsp3) is 0.583. The van der Waals surface area contributed by atoms with Crippen LogP contribution in [0.15, 0.2) is 17.6 Å². The maximum atomic E-state index is 5.18. The molecule has 0 amide bonds. The summed E-state index contributed by atoms with van der Waals surface area (Å²) in [4.78, 5) is 6.37. The van der Waals surface area contributed by atoms with Crippen molar-refractivity contribution in [2.45, 2.75) is 19.8 Å². The van der Waals surface area contributed by atoms with Gasteiger partial charge < -0.3 is 10.2 Å². The summed E-state index contributed by atoms with van der Waals surface area (Å²) in [6.07, 6.45) is 9.22. The van der Waals surface area contributed by atoms with Gasteiger partial charge in [-0.3, -0.25) is 0 Å². The monoisotopic (exact) mass is 207 g/mol. The van der Waals surface area contributed by atoms with Crippen molar-refractivity contribution >= 4 is 5.96 Å². The Balaban J connectivity index is 4.10. The lowest BCUT2D eigenvalue weighted by atomic mass is 10.3. The first-order valence-electron chi connectivity index (χ1n) is 5.30. The fourth-order valence-corrected chi connectivity index (χ4v) is 1.17. The van der Waals surface area contributed by atoms with Crippen LogP contribution in [0.25, 0.3) is 0 Å². The molecule has 0 saturated heterocycles. The topological polar surface area (TPSA) is 27.6 Å². The van der Waals surface area contributed by atoms with Gasteiger partial charge in [0.25, 0.3) is 0 Å². The minimum absolute atomic E-state index is 0.425. The molecule has 0 radical (unpaired) electrons. The molecule has 15 heavy (non-hydrogen) atoms. The van der Waals surface area contributed by atoms with Crippen molar-refractivity contribution in [3.05, 3.63) is 12.7 Å². The Morgan fingerprint density at radius 1 is 1.67 bits per heavy atom. The molecule has 0 rings (SSSR count). The summed E-state index contributed by atoms with van der Waals surface area (Å²) >= 11 is 0. The normalized spacial score (nSPS) is 10.6. The van der Waals surface area contributed by atoms with E-state index in [0.29, 0.717) is 6.54 Å². The third-order valence-electron chi connectivity index (χ3n) is 1.92. The van der Waals surface area contributed by atoms with Crippen LogP contribution in [-0.4, -0.2) is 37.5 Å². The lowest BCUT2D eigenvalue weighted by Crippen LogP contribution is -2.39. The fourth-order valence-electron chi connectivity index (χ4n) is 1.17. The Labute approximate surface area is 93.3 Å². The molecule has 3 heteroatoms. The Morgan fingerprint density at radius 2 is 2.40 bits per heavy atom. The quantitative estimate of drug-likeness (QED) is 0.235. The van der Waals surface area contributed by atoms with Crippen LogP contribution in [0.4, 0.5) is 0 Å². The van der Waals surface area contributed by atoms with Gasteiger partial charge in [-0.2, -0.15) is 0 Å². The van der Waals surface area contributed by atoms with Gasteiger partial charge in [0.1, 0.15) is 6.54 Å². The smallest absolute Gasteiger partial charge is 0.194 e. The zero-order valence-electron chi connectivity index (χ0n) is 9.79. The van der Waals surface area contributed by atoms with Gasteiger partial charge >= 0.3 is 0 Å². The first kappa shape index (κ1) is 13.6. The SMILES string of the molecule is C#CCN=C(NCC)N(C)CCCC=C. The van der Waals surface area contributed by atoms with E-state index >= 15 is 0 Å².